The molecule has 4 nitrogen and oxygen atoms in total. The molecule has 0 unspecified atom stereocenters. The summed E-state index contributed by atoms with van der Waals surface area (Å²) in [4.78, 5) is 0.744. The molecule has 1 aliphatic rings. The Balaban J connectivity index is 1.94. The molecule has 6 heteroatoms. The second-order valence-electron chi connectivity index (χ2n) is 4.72. The molecule has 2 aromatic rings. The van der Waals surface area contributed by atoms with Crippen molar-refractivity contribution in [2.45, 2.75) is 24.5 Å². The van der Waals surface area contributed by atoms with Crippen LogP contribution in [-0.4, -0.2) is 24.4 Å². The molecule has 106 valence electrons. The Kier molecular flexibility index (Phi) is 3.64. The minimum atomic E-state index is -3.52. The number of nitrogens with zero attached hydrogens (tertiary/aromatic N) is 1. The van der Waals surface area contributed by atoms with Crippen molar-refractivity contribution < 1.29 is 13.5 Å². The van der Waals surface area contributed by atoms with E-state index < -0.39 is 10.0 Å². The van der Waals surface area contributed by atoms with Crippen LogP contribution in [0, 0.1) is 0 Å². The lowest BCUT2D eigenvalue weighted by molar-refractivity contribution is 0.282. The highest BCUT2D eigenvalue weighted by molar-refractivity contribution is 7.89. The molecule has 2 heterocycles. The van der Waals surface area contributed by atoms with Crippen LogP contribution in [0.25, 0.3) is 0 Å². The summed E-state index contributed by atoms with van der Waals surface area (Å²) in [5.41, 5.74) is 2.27. The Morgan fingerprint density at radius 1 is 1.20 bits per heavy atom. The summed E-state index contributed by atoms with van der Waals surface area (Å²) in [6, 6.07) is 9.50. The Bertz CT molecular complexity index is 722. The number of aliphatic hydroxyl groups is 1. The van der Waals surface area contributed by atoms with Crippen molar-refractivity contribution in [2.75, 3.05) is 6.54 Å². The summed E-state index contributed by atoms with van der Waals surface area (Å²) in [7, 11) is -3.52. The van der Waals surface area contributed by atoms with E-state index in [0.29, 0.717) is 18.0 Å². The monoisotopic (exact) mass is 309 g/mol. The van der Waals surface area contributed by atoms with Crippen LogP contribution in [-0.2, 0) is 29.6 Å². The smallest absolute Gasteiger partial charge is 0.244 e. The summed E-state index contributed by atoms with van der Waals surface area (Å²) >= 11 is 1.27. The zero-order valence-electron chi connectivity index (χ0n) is 10.8. The molecule has 0 amide bonds. The molecule has 1 N–H and O–H groups in total. The van der Waals surface area contributed by atoms with Gasteiger partial charge in [0.1, 0.15) is 0 Å². The summed E-state index contributed by atoms with van der Waals surface area (Å²) in [6.07, 6.45) is 0.730. The SMILES string of the molecule is O=S(=O)(c1ccsc1CO)N1CCc2ccccc2C1. The molecule has 0 saturated carbocycles. The second kappa shape index (κ2) is 5.29. The lowest BCUT2D eigenvalue weighted by Gasteiger charge is -2.28. The number of hydrogen-bond donors (Lipinski definition) is 1. The molecule has 1 aromatic carbocycles. The lowest BCUT2D eigenvalue weighted by atomic mass is 10.0. The van der Waals surface area contributed by atoms with Crippen LogP contribution in [0.4, 0.5) is 0 Å². The van der Waals surface area contributed by atoms with Gasteiger partial charge < -0.3 is 5.11 Å². The first-order valence-corrected chi connectivity index (χ1v) is 8.69. The molecule has 0 bridgehead atoms. The fraction of sp³-hybridized carbons (Fsp3) is 0.286. The van der Waals surface area contributed by atoms with Gasteiger partial charge in [-0.1, -0.05) is 24.3 Å². The average molecular weight is 309 g/mol. The third kappa shape index (κ3) is 2.29. The molecular formula is C14H15NO3S2. The largest absolute Gasteiger partial charge is 0.391 e. The maximum atomic E-state index is 12.7. The van der Waals surface area contributed by atoms with Gasteiger partial charge in [-0.25, -0.2) is 8.42 Å². The van der Waals surface area contributed by atoms with E-state index in [4.69, 9.17) is 0 Å². The van der Waals surface area contributed by atoms with Crippen molar-refractivity contribution in [3.8, 4) is 0 Å². The zero-order chi connectivity index (χ0) is 14.2. The van der Waals surface area contributed by atoms with Crippen LogP contribution in [0.5, 0.6) is 0 Å². The van der Waals surface area contributed by atoms with Crippen molar-refractivity contribution >= 4 is 21.4 Å². The standard InChI is InChI=1S/C14H15NO3S2/c16-10-13-14(6-8-19-13)20(17,18)15-7-5-11-3-1-2-4-12(11)9-15/h1-4,6,8,16H,5,7,9-10H2. The Morgan fingerprint density at radius 2 is 1.95 bits per heavy atom. The van der Waals surface area contributed by atoms with Gasteiger partial charge in [-0.3, -0.25) is 0 Å². The van der Waals surface area contributed by atoms with Crippen molar-refractivity contribution in [1.82, 2.24) is 4.31 Å². The maximum absolute atomic E-state index is 12.7. The second-order valence-corrected chi connectivity index (χ2v) is 7.63. The highest BCUT2D eigenvalue weighted by atomic mass is 32.2. The molecule has 0 fully saturated rings. The molecule has 0 atom stereocenters. The van der Waals surface area contributed by atoms with Gasteiger partial charge in [-0.05, 0) is 29.0 Å². The zero-order valence-corrected chi connectivity index (χ0v) is 12.5. The first-order valence-electron chi connectivity index (χ1n) is 6.37. The Hall–Kier alpha value is -1.21. The fourth-order valence-corrected chi connectivity index (χ4v) is 5.17. The highest BCUT2D eigenvalue weighted by Crippen LogP contribution is 2.29. The number of rotatable bonds is 3. The Labute approximate surface area is 122 Å². The van der Waals surface area contributed by atoms with E-state index in [1.54, 1.807) is 11.4 Å². The van der Waals surface area contributed by atoms with Gasteiger partial charge in [0.05, 0.1) is 11.5 Å². The number of sulfonamides is 1. The van der Waals surface area contributed by atoms with Crippen molar-refractivity contribution in [2.24, 2.45) is 0 Å². The van der Waals surface area contributed by atoms with Gasteiger partial charge in [-0.15, -0.1) is 11.3 Å². The molecule has 0 saturated heterocycles. The fourth-order valence-electron chi connectivity index (χ4n) is 2.49. The van der Waals surface area contributed by atoms with E-state index >= 15 is 0 Å². The van der Waals surface area contributed by atoms with Crippen molar-refractivity contribution in [3.05, 3.63) is 51.7 Å². The van der Waals surface area contributed by atoms with Crippen molar-refractivity contribution in [1.29, 1.82) is 0 Å². The third-order valence-corrected chi connectivity index (χ3v) is 6.53. The number of thiophene rings is 1. The molecule has 1 aromatic heterocycles. The van der Waals surface area contributed by atoms with E-state index in [0.717, 1.165) is 12.0 Å². The van der Waals surface area contributed by atoms with E-state index in [9.17, 15) is 13.5 Å². The number of benzene rings is 1. The molecule has 0 aliphatic carbocycles. The van der Waals surface area contributed by atoms with Gasteiger partial charge in [0, 0.05) is 18.0 Å². The molecule has 0 radical (unpaired) electrons. The van der Waals surface area contributed by atoms with Gasteiger partial charge in [-0.2, -0.15) is 4.31 Å². The highest BCUT2D eigenvalue weighted by Gasteiger charge is 2.30. The summed E-state index contributed by atoms with van der Waals surface area (Å²) < 4.78 is 26.8. The van der Waals surface area contributed by atoms with Crippen LogP contribution in [0.3, 0.4) is 0 Å². The minimum absolute atomic E-state index is 0.239. The Morgan fingerprint density at radius 3 is 2.70 bits per heavy atom. The molecule has 3 rings (SSSR count). The first kappa shape index (κ1) is 13.8. The quantitative estimate of drug-likeness (QED) is 0.943. The van der Waals surface area contributed by atoms with Crippen LogP contribution < -0.4 is 0 Å². The number of fused-ring (bicyclic) bond motifs is 1. The lowest BCUT2D eigenvalue weighted by Crippen LogP contribution is -2.36. The predicted octanol–water partition coefficient (Wildman–Crippen LogP) is 1.99. The van der Waals surface area contributed by atoms with Gasteiger partial charge in [0.15, 0.2) is 0 Å². The topological polar surface area (TPSA) is 57.6 Å². The molecule has 0 spiro atoms. The maximum Gasteiger partial charge on any atom is 0.244 e. The van der Waals surface area contributed by atoms with Crippen LogP contribution in [0.1, 0.15) is 16.0 Å². The van der Waals surface area contributed by atoms with Gasteiger partial charge in [0.25, 0.3) is 0 Å². The van der Waals surface area contributed by atoms with Crippen molar-refractivity contribution in [3.63, 3.8) is 0 Å². The molecule has 20 heavy (non-hydrogen) atoms. The van der Waals surface area contributed by atoms with Crippen LogP contribution in [0.15, 0.2) is 40.6 Å². The van der Waals surface area contributed by atoms with E-state index in [1.165, 1.54) is 21.2 Å². The minimum Gasteiger partial charge on any atom is -0.391 e. The summed E-state index contributed by atoms with van der Waals surface area (Å²) in [6.45, 7) is 0.649. The number of aliphatic hydroxyl groups excluding tert-OH is 1. The van der Waals surface area contributed by atoms with Crippen LogP contribution >= 0.6 is 11.3 Å². The summed E-state index contributed by atoms with van der Waals surface area (Å²) in [5.74, 6) is 0. The van der Waals surface area contributed by atoms with Crippen LogP contribution in [0.2, 0.25) is 0 Å². The average Bonchev–Trinajstić information content (AvgIpc) is 2.96. The third-order valence-electron chi connectivity index (χ3n) is 3.56. The van der Waals surface area contributed by atoms with Gasteiger partial charge in [0.2, 0.25) is 10.0 Å². The van der Waals surface area contributed by atoms with E-state index in [2.05, 4.69) is 0 Å². The van der Waals surface area contributed by atoms with E-state index in [-0.39, 0.29) is 11.5 Å². The first-order chi connectivity index (χ1) is 9.63. The number of hydrogen-bond acceptors (Lipinski definition) is 4. The van der Waals surface area contributed by atoms with Gasteiger partial charge >= 0.3 is 0 Å². The van der Waals surface area contributed by atoms with E-state index in [1.807, 2.05) is 24.3 Å². The normalized spacial score (nSPS) is 16.1. The molecular weight excluding hydrogens is 294 g/mol. The summed E-state index contributed by atoms with van der Waals surface area (Å²) in [5, 5.41) is 11.0. The molecule has 1 aliphatic heterocycles. The predicted molar refractivity (Wildman–Crippen MR) is 78.0 cm³/mol.